The fourth-order valence-electron chi connectivity index (χ4n) is 1.50. The first-order valence-electron chi connectivity index (χ1n) is 5.49. The van der Waals surface area contributed by atoms with Gasteiger partial charge in [0.1, 0.15) is 18.2 Å². The zero-order valence-corrected chi connectivity index (χ0v) is 10.2. The fourth-order valence-corrected chi connectivity index (χ4v) is 1.50. The van der Waals surface area contributed by atoms with Crippen LogP contribution in [0.1, 0.15) is 6.92 Å². The molecular weight excluding hydrogens is 232 g/mol. The summed E-state index contributed by atoms with van der Waals surface area (Å²) >= 11 is 0. The molecular formula is C12H14N4O2. The van der Waals surface area contributed by atoms with Gasteiger partial charge in [-0.3, -0.25) is 4.57 Å². The molecule has 6 nitrogen and oxygen atoms in total. The number of methoxy groups -OCH3 is 1. The summed E-state index contributed by atoms with van der Waals surface area (Å²) in [6.07, 6.45) is 6.83. The van der Waals surface area contributed by atoms with E-state index in [4.69, 9.17) is 0 Å². The number of rotatable bonds is 4. The topological polar surface area (TPSA) is 69.0 Å². The number of pyridine rings is 1. The molecule has 6 heteroatoms. The van der Waals surface area contributed by atoms with Crippen LogP contribution in [-0.4, -0.2) is 33.7 Å². The average molecular weight is 246 g/mol. The predicted octanol–water partition coefficient (Wildman–Crippen LogP) is 1.24. The smallest absolute Gasteiger partial charge is 0.327 e. The van der Waals surface area contributed by atoms with Gasteiger partial charge in [-0.1, -0.05) is 0 Å². The van der Waals surface area contributed by atoms with Crippen molar-refractivity contribution in [2.45, 2.75) is 13.0 Å². The highest BCUT2D eigenvalue weighted by Gasteiger charge is 2.12. The maximum atomic E-state index is 11.3. The Morgan fingerprint density at radius 2 is 2.33 bits per heavy atom. The van der Waals surface area contributed by atoms with E-state index in [0.29, 0.717) is 0 Å². The summed E-state index contributed by atoms with van der Waals surface area (Å²) in [5, 5.41) is 3.00. The quantitative estimate of drug-likeness (QED) is 0.822. The molecule has 1 atom stereocenters. The van der Waals surface area contributed by atoms with Gasteiger partial charge in [-0.05, 0) is 19.1 Å². The maximum Gasteiger partial charge on any atom is 0.327 e. The number of ether oxygens (including phenoxy) is 1. The van der Waals surface area contributed by atoms with E-state index in [-0.39, 0.29) is 5.97 Å². The molecule has 0 aliphatic heterocycles. The minimum Gasteiger partial charge on any atom is -0.467 e. The summed E-state index contributed by atoms with van der Waals surface area (Å²) in [6, 6.07) is 3.28. The number of esters is 1. The van der Waals surface area contributed by atoms with Crippen molar-refractivity contribution in [3.05, 3.63) is 37.1 Å². The molecule has 0 saturated heterocycles. The van der Waals surface area contributed by atoms with Crippen LogP contribution >= 0.6 is 0 Å². The van der Waals surface area contributed by atoms with E-state index in [9.17, 15) is 4.79 Å². The lowest BCUT2D eigenvalue weighted by molar-refractivity contribution is -0.141. The summed E-state index contributed by atoms with van der Waals surface area (Å²) in [6.45, 7) is 1.73. The molecule has 2 heterocycles. The van der Waals surface area contributed by atoms with Crippen molar-refractivity contribution in [2.24, 2.45) is 0 Å². The number of anilines is 1. The molecule has 0 radical (unpaired) electrons. The van der Waals surface area contributed by atoms with Crippen molar-refractivity contribution in [3.8, 4) is 5.82 Å². The Morgan fingerprint density at radius 1 is 1.50 bits per heavy atom. The van der Waals surface area contributed by atoms with Crippen molar-refractivity contribution >= 4 is 11.7 Å². The first-order chi connectivity index (χ1) is 8.70. The van der Waals surface area contributed by atoms with E-state index < -0.39 is 6.04 Å². The van der Waals surface area contributed by atoms with Gasteiger partial charge in [0.05, 0.1) is 19.0 Å². The Bertz CT molecular complexity index is 507. The fraction of sp³-hybridized carbons (Fsp3) is 0.250. The van der Waals surface area contributed by atoms with Gasteiger partial charge >= 0.3 is 5.97 Å². The van der Waals surface area contributed by atoms with Gasteiger partial charge in [-0.25, -0.2) is 14.8 Å². The number of carbonyl (C=O) groups excluding carboxylic acids is 1. The Labute approximate surface area is 105 Å². The van der Waals surface area contributed by atoms with Crippen LogP contribution in [0.25, 0.3) is 5.82 Å². The zero-order valence-electron chi connectivity index (χ0n) is 10.2. The maximum absolute atomic E-state index is 11.3. The molecule has 0 aromatic carbocycles. The number of hydrogen-bond donors (Lipinski definition) is 1. The molecule has 1 unspecified atom stereocenters. The second-order valence-electron chi connectivity index (χ2n) is 3.76. The molecule has 2 aromatic heterocycles. The molecule has 94 valence electrons. The Balaban J connectivity index is 2.06. The molecule has 0 aliphatic carbocycles. The van der Waals surface area contributed by atoms with Crippen LogP contribution in [0.3, 0.4) is 0 Å². The Morgan fingerprint density at radius 3 is 2.89 bits per heavy atom. The molecule has 0 spiro atoms. The van der Waals surface area contributed by atoms with Crippen molar-refractivity contribution in [1.29, 1.82) is 0 Å². The lowest BCUT2D eigenvalue weighted by atomic mass is 10.3. The molecule has 0 fully saturated rings. The van der Waals surface area contributed by atoms with Crippen LogP contribution in [0, 0.1) is 0 Å². The van der Waals surface area contributed by atoms with Crippen LogP contribution in [-0.2, 0) is 9.53 Å². The van der Waals surface area contributed by atoms with Crippen molar-refractivity contribution in [2.75, 3.05) is 12.4 Å². The molecule has 0 amide bonds. The average Bonchev–Trinajstić information content (AvgIpc) is 2.92. The SMILES string of the molecule is COC(=O)C(C)Nc1ccc(-n2ccnc2)nc1. The highest BCUT2D eigenvalue weighted by molar-refractivity contribution is 5.78. The first-order valence-corrected chi connectivity index (χ1v) is 5.49. The number of hydrogen-bond acceptors (Lipinski definition) is 5. The van der Waals surface area contributed by atoms with Gasteiger partial charge in [-0.15, -0.1) is 0 Å². The summed E-state index contributed by atoms with van der Waals surface area (Å²) in [4.78, 5) is 19.5. The molecule has 2 aromatic rings. The van der Waals surface area contributed by atoms with Crippen LogP contribution in [0.15, 0.2) is 37.1 Å². The number of aromatic nitrogens is 3. The minimum absolute atomic E-state index is 0.311. The molecule has 0 bridgehead atoms. The standard InChI is InChI=1S/C12H14N4O2/c1-9(12(17)18-2)15-10-3-4-11(14-7-10)16-6-5-13-8-16/h3-9,15H,1-2H3. The van der Waals surface area contributed by atoms with Gasteiger partial charge in [-0.2, -0.15) is 0 Å². The minimum atomic E-state index is -0.407. The summed E-state index contributed by atoms with van der Waals surface area (Å²) in [5.41, 5.74) is 0.761. The van der Waals surface area contributed by atoms with Crippen LogP contribution in [0.5, 0.6) is 0 Å². The second kappa shape index (κ2) is 5.31. The lowest BCUT2D eigenvalue weighted by Crippen LogP contribution is -2.27. The number of nitrogens with one attached hydrogen (secondary N) is 1. The van der Waals surface area contributed by atoms with E-state index >= 15 is 0 Å². The van der Waals surface area contributed by atoms with Gasteiger partial charge in [0, 0.05) is 12.4 Å². The molecule has 0 saturated carbocycles. The normalized spacial score (nSPS) is 11.9. The number of imidazole rings is 1. The first kappa shape index (κ1) is 12.1. The molecule has 1 N–H and O–H groups in total. The third kappa shape index (κ3) is 2.65. The van der Waals surface area contributed by atoms with E-state index in [0.717, 1.165) is 11.5 Å². The Hall–Kier alpha value is -2.37. The molecule has 2 rings (SSSR count). The third-order valence-corrected chi connectivity index (χ3v) is 2.45. The zero-order chi connectivity index (χ0) is 13.0. The molecule has 18 heavy (non-hydrogen) atoms. The van der Waals surface area contributed by atoms with Gasteiger partial charge in [0.15, 0.2) is 0 Å². The number of nitrogens with zero attached hydrogens (tertiary/aromatic N) is 3. The van der Waals surface area contributed by atoms with Gasteiger partial charge in [0.25, 0.3) is 0 Å². The highest BCUT2D eigenvalue weighted by atomic mass is 16.5. The van der Waals surface area contributed by atoms with E-state index in [1.54, 1.807) is 30.2 Å². The largest absolute Gasteiger partial charge is 0.467 e. The van der Waals surface area contributed by atoms with Crippen molar-refractivity contribution in [1.82, 2.24) is 14.5 Å². The van der Waals surface area contributed by atoms with Crippen LogP contribution in [0.2, 0.25) is 0 Å². The Kier molecular flexibility index (Phi) is 3.57. The molecule has 0 aliphatic rings. The predicted molar refractivity (Wildman–Crippen MR) is 66.5 cm³/mol. The van der Waals surface area contributed by atoms with Crippen molar-refractivity contribution in [3.63, 3.8) is 0 Å². The summed E-state index contributed by atoms with van der Waals surface area (Å²) in [7, 11) is 1.36. The summed E-state index contributed by atoms with van der Waals surface area (Å²) in [5.74, 6) is 0.456. The van der Waals surface area contributed by atoms with Crippen molar-refractivity contribution < 1.29 is 9.53 Å². The summed E-state index contributed by atoms with van der Waals surface area (Å²) < 4.78 is 6.43. The van der Waals surface area contributed by atoms with E-state index in [1.165, 1.54) is 7.11 Å². The van der Waals surface area contributed by atoms with Crippen LogP contribution < -0.4 is 5.32 Å². The third-order valence-electron chi connectivity index (χ3n) is 2.45. The van der Waals surface area contributed by atoms with Gasteiger partial charge < -0.3 is 10.1 Å². The monoisotopic (exact) mass is 246 g/mol. The van der Waals surface area contributed by atoms with Gasteiger partial charge in [0.2, 0.25) is 0 Å². The lowest BCUT2D eigenvalue weighted by Gasteiger charge is -2.12. The van der Waals surface area contributed by atoms with Crippen LogP contribution in [0.4, 0.5) is 5.69 Å². The van der Waals surface area contributed by atoms with E-state index in [2.05, 4.69) is 20.0 Å². The van der Waals surface area contributed by atoms with E-state index in [1.807, 2.05) is 18.3 Å². The second-order valence-corrected chi connectivity index (χ2v) is 3.76. The number of carbonyl (C=O) groups is 1. The highest BCUT2D eigenvalue weighted by Crippen LogP contribution is 2.10.